The SMILES string of the molecule is Cc1ccccc1C(CC(=O)c1ccc(=O)n(C)c1)c1ccc(C2CCN(C(=O)O)CC2)cc1. The molecule has 0 spiro atoms. The van der Waals surface area contributed by atoms with Crippen molar-refractivity contribution in [3.63, 3.8) is 0 Å². The van der Waals surface area contributed by atoms with Crippen molar-refractivity contribution in [1.29, 1.82) is 0 Å². The molecule has 1 N–H and O–H groups in total. The number of rotatable bonds is 6. The highest BCUT2D eigenvalue weighted by molar-refractivity contribution is 5.96. The predicted molar refractivity (Wildman–Crippen MR) is 132 cm³/mol. The lowest BCUT2D eigenvalue weighted by Crippen LogP contribution is -2.36. The summed E-state index contributed by atoms with van der Waals surface area (Å²) in [7, 11) is 1.65. The van der Waals surface area contributed by atoms with Gasteiger partial charge in [0, 0.05) is 50.3 Å². The van der Waals surface area contributed by atoms with Crippen molar-refractivity contribution in [2.75, 3.05) is 13.1 Å². The molecule has 0 saturated carbocycles. The molecule has 6 heteroatoms. The number of amides is 1. The van der Waals surface area contributed by atoms with Crippen LogP contribution < -0.4 is 5.56 Å². The van der Waals surface area contributed by atoms with Crippen molar-refractivity contribution < 1.29 is 14.7 Å². The van der Waals surface area contributed by atoms with Crippen molar-refractivity contribution in [1.82, 2.24) is 9.47 Å². The summed E-state index contributed by atoms with van der Waals surface area (Å²) in [6.07, 6.45) is 2.69. The molecule has 34 heavy (non-hydrogen) atoms. The molecule has 4 rings (SSSR count). The molecular weight excluding hydrogens is 428 g/mol. The van der Waals surface area contributed by atoms with Gasteiger partial charge in [0.25, 0.3) is 0 Å². The van der Waals surface area contributed by atoms with Gasteiger partial charge in [-0.05, 0) is 54.0 Å². The van der Waals surface area contributed by atoms with E-state index in [0.29, 0.717) is 31.0 Å². The molecule has 2 aromatic carbocycles. The Balaban J connectivity index is 1.59. The summed E-state index contributed by atoms with van der Waals surface area (Å²) in [5.41, 5.74) is 4.91. The predicted octanol–water partition coefficient (Wildman–Crippen LogP) is 4.96. The van der Waals surface area contributed by atoms with Gasteiger partial charge in [-0.3, -0.25) is 9.59 Å². The van der Waals surface area contributed by atoms with Crippen LogP contribution in [0.4, 0.5) is 4.79 Å². The van der Waals surface area contributed by atoms with E-state index >= 15 is 0 Å². The summed E-state index contributed by atoms with van der Waals surface area (Å²) in [4.78, 5) is 37.6. The third-order valence-electron chi connectivity index (χ3n) is 6.94. The molecule has 1 aliphatic heterocycles. The van der Waals surface area contributed by atoms with E-state index in [1.165, 1.54) is 21.1 Å². The van der Waals surface area contributed by atoms with Gasteiger partial charge in [0.2, 0.25) is 5.56 Å². The lowest BCUT2D eigenvalue weighted by Gasteiger charge is -2.30. The number of carboxylic acid groups (broad SMARTS) is 1. The van der Waals surface area contributed by atoms with Gasteiger partial charge in [0.1, 0.15) is 0 Å². The Kier molecular flexibility index (Phi) is 6.96. The van der Waals surface area contributed by atoms with Gasteiger partial charge in [0.05, 0.1) is 0 Å². The van der Waals surface area contributed by atoms with Gasteiger partial charge in [-0.15, -0.1) is 0 Å². The summed E-state index contributed by atoms with van der Waals surface area (Å²) in [6, 6.07) is 19.6. The number of Topliss-reactive ketones (excluding diaryl/α,β-unsaturated/α-hetero) is 1. The van der Waals surface area contributed by atoms with Crippen LogP contribution in [0.1, 0.15) is 63.7 Å². The van der Waals surface area contributed by atoms with E-state index in [9.17, 15) is 19.5 Å². The van der Waals surface area contributed by atoms with Gasteiger partial charge >= 0.3 is 6.09 Å². The number of pyridine rings is 1. The van der Waals surface area contributed by atoms with E-state index < -0.39 is 6.09 Å². The maximum absolute atomic E-state index is 13.2. The van der Waals surface area contributed by atoms with Crippen LogP contribution in [0.15, 0.2) is 71.7 Å². The monoisotopic (exact) mass is 458 g/mol. The Labute approximate surface area is 199 Å². The summed E-state index contributed by atoms with van der Waals surface area (Å²) < 4.78 is 1.43. The second-order valence-electron chi connectivity index (χ2n) is 9.11. The third-order valence-corrected chi connectivity index (χ3v) is 6.94. The van der Waals surface area contributed by atoms with E-state index in [4.69, 9.17) is 0 Å². The van der Waals surface area contributed by atoms with Crippen molar-refractivity contribution in [2.45, 2.75) is 38.0 Å². The van der Waals surface area contributed by atoms with Gasteiger partial charge in [0.15, 0.2) is 5.78 Å². The first-order chi connectivity index (χ1) is 16.3. The van der Waals surface area contributed by atoms with Crippen LogP contribution in [-0.4, -0.2) is 39.5 Å². The van der Waals surface area contributed by atoms with Crippen LogP contribution in [0.2, 0.25) is 0 Å². The number of nitrogens with zero attached hydrogens (tertiary/aromatic N) is 2. The molecule has 1 aromatic heterocycles. The number of hydrogen-bond donors (Lipinski definition) is 1. The molecule has 0 bridgehead atoms. The molecule has 1 aliphatic rings. The van der Waals surface area contributed by atoms with Crippen LogP contribution in [0, 0.1) is 6.92 Å². The normalized spacial score (nSPS) is 15.2. The van der Waals surface area contributed by atoms with Gasteiger partial charge in [-0.25, -0.2) is 4.79 Å². The largest absolute Gasteiger partial charge is 0.465 e. The van der Waals surface area contributed by atoms with Crippen LogP contribution >= 0.6 is 0 Å². The molecule has 0 aliphatic carbocycles. The quantitative estimate of drug-likeness (QED) is 0.530. The molecule has 2 heterocycles. The van der Waals surface area contributed by atoms with Crippen LogP contribution in [-0.2, 0) is 7.05 Å². The number of hydrogen-bond acceptors (Lipinski definition) is 3. The molecule has 3 aromatic rings. The maximum atomic E-state index is 13.2. The molecule has 1 amide bonds. The second kappa shape index (κ2) is 10.1. The van der Waals surface area contributed by atoms with E-state index in [-0.39, 0.29) is 17.3 Å². The summed E-state index contributed by atoms with van der Waals surface area (Å²) >= 11 is 0. The zero-order chi connectivity index (χ0) is 24.2. The molecular formula is C28H30N2O4. The first-order valence-electron chi connectivity index (χ1n) is 11.7. The van der Waals surface area contributed by atoms with Crippen LogP contribution in [0.25, 0.3) is 0 Å². The molecule has 6 nitrogen and oxygen atoms in total. The van der Waals surface area contributed by atoms with Crippen LogP contribution in [0.5, 0.6) is 0 Å². The molecule has 176 valence electrons. The number of likely N-dealkylation sites (tertiary alicyclic amines) is 1. The second-order valence-corrected chi connectivity index (χ2v) is 9.11. The first kappa shape index (κ1) is 23.5. The smallest absolute Gasteiger partial charge is 0.407 e. The highest BCUT2D eigenvalue weighted by Crippen LogP contribution is 2.34. The Morgan fingerprint density at radius 1 is 1.00 bits per heavy atom. The Bertz CT molecular complexity index is 1240. The zero-order valence-electron chi connectivity index (χ0n) is 19.6. The zero-order valence-corrected chi connectivity index (χ0v) is 19.6. The lowest BCUT2D eigenvalue weighted by molar-refractivity contribution is 0.0976. The lowest BCUT2D eigenvalue weighted by atomic mass is 9.82. The fourth-order valence-electron chi connectivity index (χ4n) is 4.85. The first-order valence-corrected chi connectivity index (χ1v) is 11.7. The fourth-order valence-corrected chi connectivity index (χ4v) is 4.85. The van der Waals surface area contributed by atoms with Gasteiger partial charge in [-0.2, -0.15) is 0 Å². The average molecular weight is 459 g/mol. The molecule has 1 unspecified atom stereocenters. The standard InChI is InChI=1S/C28H30N2O4/c1-19-5-3-4-6-24(19)25(17-26(31)23-11-12-27(32)29(2)18-23)22-9-7-20(8-10-22)21-13-15-30(16-14-21)28(33)34/h3-12,18,21,25H,13-17H2,1-2H3,(H,33,34). The van der Waals surface area contributed by atoms with Crippen molar-refractivity contribution >= 4 is 11.9 Å². The minimum atomic E-state index is -0.849. The van der Waals surface area contributed by atoms with Crippen molar-refractivity contribution in [3.8, 4) is 0 Å². The van der Waals surface area contributed by atoms with Crippen molar-refractivity contribution in [2.24, 2.45) is 7.05 Å². The van der Waals surface area contributed by atoms with E-state index in [0.717, 1.165) is 29.5 Å². The van der Waals surface area contributed by atoms with Crippen LogP contribution in [0.3, 0.4) is 0 Å². The number of benzene rings is 2. The topological polar surface area (TPSA) is 79.6 Å². The number of aryl methyl sites for hydroxylation is 2. The molecule has 0 radical (unpaired) electrons. The number of carbonyl (C=O) groups excluding carboxylic acids is 1. The van der Waals surface area contributed by atoms with E-state index in [1.807, 2.05) is 12.1 Å². The number of ketones is 1. The fraction of sp³-hybridized carbons (Fsp3) is 0.321. The summed E-state index contributed by atoms with van der Waals surface area (Å²) in [5.74, 6) is 0.233. The number of aromatic nitrogens is 1. The third kappa shape index (κ3) is 5.11. The van der Waals surface area contributed by atoms with E-state index in [1.54, 1.807) is 19.3 Å². The Hall–Kier alpha value is -3.67. The minimum Gasteiger partial charge on any atom is -0.465 e. The molecule has 1 fully saturated rings. The van der Waals surface area contributed by atoms with E-state index in [2.05, 4.69) is 43.3 Å². The molecule has 1 saturated heterocycles. The average Bonchev–Trinajstić information content (AvgIpc) is 2.85. The van der Waals surface area contributed by atoms with Gasteiger partial charge in [-0.1, -0.05) is 48.5 Å². The Morgan fingerprint density at radius 2 is 1.68 bits per heavy atom. The van der Waals surface area contributed by atoms with Crippen molar-refractivity contribution in [3.05, 3.63) is 105 Å². The Morgan fingerprint density at radius 3 is 2.29 bits per heavy atom. The summed E-state index contributed by atoms with van der Waals surface area (Å²) in [5, 5.41) is 9.19. The maximum Gasteiger partial charge on any atom is 0.407 e. The van der Waals surface area contributed by atoms with Gasteiger partial charge < -0.3 is 14.6 Å². The number of carbonyl (C=O) groups is 2. The minimum absolute atomic E-state index is 0.00558. The highest BCUT2D eigenvalue weighted by atomic mass is 16.4. The summed E-state index contributed by atoms with van der Waals surface area (Å²) in [6.45, 7) is 3.17. The molecule has 1 atom stereocenters. The highest BCUT2D eigenvalue weighted by Gasteiger charge is 2.25. The number of piperidine rings is 1.